The van der Waals surface area contributed by atoms with Crippen molar-refractivity contribution >= 4 is 69.4 Å². The number of hydrogen-bond donors (Lipinski definition) is 10. The topological polar surface area (TPSA) is 145 Å². The molecule has 42 heavy (non-hydrogen) atoms. The molecule has 0 spiro atoms. The average molecular weight is 659 g/mol. The Labute approximate surface area is 273 Å². The first-order valence-electron chi connectivity index (χ1n) is 15.0. The van der Waals surface area contributed by atoms with Gasteiger partial charge in [-0.3, -0.25) is 0 Å². The van der Waals surface area contributed by atoms with Gasteiger partial charge in [0.1, 0.15) is 0 Å². The van der Waals surface area contributed by atoms with E-state index in [0.717, 1.165) is 117 Å². The van der Waals surface area contributed by atoms with Crippen LogP contribution in [0.2, 0.25) is 0 Å². The number of fused-ring (bicyclic) bond motifs is 15. The highest BCUT2D eigenvalue weighted by atomic mass is 32.1. The molecule has 238 valence electrons. The van der Waals surface area contributed by atoms with Crippen molar-refractivity contribution in [2.24, 2.45) is 9.98 Å². The Hall–Kier alpha value is -1.26. The van der Waals surface area contributed by atoms with E-state index in [9.17, 15) is 0 Å². The fraction of sp³-hybridized carbons (Fsp3) is 0.846. The second kappa shape index (κ2) is 23.2. The van der Waals surface area contributed by atoms with Crippen LogP contribution < -0.4 is 53.2 Å². The molecule has 0 radical (unpaired) electrons. The highest BCUT2D eigenvalue weighted by Crippen LogP contribution is 2.05. The largest absolute Gasteiger partial charge is 0.363 e. The molecule has 0 atom stereocenters. The Morgan fingerprint density at radius 2 is 0.857 bits per heavy atom. The van der Waals surface area contributed by atoms with Crippen molar-refractivity contribution in [3.05, 3.63) is 0 Å². The minimum atomic E-state index is -0.293. The zero-order valence-electron chi connectivity index (χ0n) is 24.7. The van der Waals surface area contributed by atoms with Gasteiger partial charge in [-0.1, -0.05) is 0 Å². The normalized spacial score (nSPS) is 24.1. The Kier molecular flexibility index (Phi) is 20.4. The van der Waals surface area contributed by atoms with Gasteiger partial charge in [0, 0.05) is 105 Å². The summed E-state index contributed by atoms with van der Waals surface area (Å²) in [7, 11) is 0. The highest BCUT2D eigenvalue weighted by Gasteiger charge is 2.33. The van der Waals surface area contributed by atoms with Crippen molar-refractivity contribution in [2.45, 2.75) is 36.8 Å². The Bertz CT molecular complexity index is 766. The fourth-order valence-corrected chi connectivity index (χ4v) is 5.65. The summed E-state index contributed by atoms with van der Waals surface area (Å²) in [5.74, 6) is 0. The number of isothiocyanates is 2. The molecule has 2 bridgehead atoms. The number of rotatable bonds is 12. The summed E-state index contributed by atoms with van der Waals surface area (Å²) in [4.78, 5) is 7.95. The molecule has 3 fully saturated rings. The van der Waals surface area contributed by atoms with E-state index in [1.54, 1.807) is 0 Å². The smallest absolute Gasteiger partial charge is 0.166 e. The number of nitrogens with one attached hydrogen (secondary N) is 10. The summed E-state index contributed by atoms with van der Waals surface area (Å²) in [6, 6.07) is 0. The van der Waals surface area contributed by atoms with Crippen molar-refractivity contribution in [1.82, 2.24) is 53.2 Å². The Balaban J connectivity index is 1.99. The molecule has 16 heteroatoms. The van der Waals surface area contributed by atoms with Gasteiger partial charge in [0.15, 0.2) is 10.2 Å². The fourth-order valence-electron chi connectivity index (χ4n) is 4.83. The van der Waals surface area contributed by atoms with Crippen molar-refractivity contribution in [1.29, 1.82) is 0 Å². The predicted molar refractivity (Wildman–Crippen MR) is 188 cm³/mol. The molecule has 0 amide bonds. The third-order valence-electron chi connectivity index (χ3n) is 7.07. The zero-order valence-corrected chi connectivity index (χ0v) is 27.9. The molecule has 0 unspecified atom stereocenters. The summed E-state index contributed by atoms with van der Waals surface area (Å²) < 4.78 is 0. The van der Waals surface area contributed by atoms with Crippen LogP contribution in [-0.4, -0.2) is 136 Å². The molecule has 0 aromatic rings. The highest BCUT2D eigenvalue weighted by molar-refractivity contribution is 7.80. The maximum absolute atomic E-state index is 5.71. The minimum Gasteiger partial charge on any atom is -0.363 e. The second-order valence-corrected chi connectivity index (χ2v) is 11.9. The molecule has 3 saturated heterocycles. The van der Waals surface area contributed by atoms with Crippen LogP contribution in [0, 0.1) is 0 Å². The van der Waals surface area contributed by atoms with Crippen LogP contribution in [0.15, 0.2) is 9.98 Å². The first-order chi connectivity index (χ1) is 20.5. The predicted octanol–water partition coefficient (Wildman–Crippen LogP) is -1.28. The van der Waals surface area contributed by atoms with Crippen LogP contribution in [-0.2, 0) is 0 Å². The summed E-state index contributed by atoms with van der Waals surface area (Å²) >= 11 is 20.7. The van der Waals surface area contributed by atoms with Crippen molar-refractivity contribution in [3.8, 4) is 0 Å². The first-order valence-corrected chi connectivity index (χ1v) is 16.6. The van der Waals surface area contributed by atoms with Crippen LogP contribution in [0.4, 0.5) is 0 Å². The van der Waals surface area contributed by atoms with Crippen molar-refractivity contribution < 1.29 is 0 Å². The molecular weight excluding hydrogens is 609 g/mol. The maximum Gasteiger partial charge on any atom is 0.166 e. The van der Waals surface area contributed by atoms with E-state index in [4.69, 9.17) is 24.4 Å². The first kappa shape index (κ1) is 36.9. The van der Waals surface area contributed by atoms with Gasteiger partial charge in [0.05, 0.1) is 21.4 Å². The lowest BCUT2D eigenvalue weighted by atomic mass is 9.97. The zero-order chi connectivity index (χ0) is 30.2. The summed E-state index contributed by atoms with van der Waals surface area (Å²) in [5, 5.41) is 42.1. The molecule has 3 aliphatic heterocycles. The van der Waals surface area contributed by atoms with E-state index in [0.29, 0.717) is 23.3 Å². The van der Waals surface area contributed by atoms with Crippen molar-refractivity contribution in [2.75, 3.05) is 105 Å². The van der Waals surface area contributed by atoms with Gasteiger partial charge in [-0.05, 0) is 74.6 Å². The van der Waals surface area contributed by atoms with E-state index >= 15 is 0 Å². The van der Waals surface area contributed by atoms with Crippen LogP contribution in [0.1, 0.15) is 25.7 Å². The Morgan fingerprint density at radius 1 is 0.548 bits per heavy atom. The van der Waals surface area contributed by atoms with Gasteiger partial charge in [-0.25, -0.2) is 9.98 Å². The van der Waals surface area contributed by atoms with Crippen LogP contribution in [0.25, 0.3) is 0 Å². The molecule has 3 aliphatic rings. The lowest BCUT2D eigenvalue weighted by Gasteiger charge is -2.39. The monoisotopic (exact) mass is 658 g/mol. The van der Waals surface area contributed by atoms with E-state index in [1.807, 2.05) is 0 Å². The summed E-state index contributed by atoms with van der Waals surface area (Å²) in [6.07, 6.45) is 3.84. The quantitative estimate of drug-likeness (QED) is 0.0691. The molecule has 0 aromatic heterocycles. The lowest BCUT2D eigenvalue weighted by molar-refractivity contribution is 0.287. The number of nitrogens with zero attached hydrogens (tertiary/aromatic N) is 2. The molecule has 0 aromatic carbocycles. The molecule has 12 nitrogen and oxygen atoms in total. The standard InChI is InChI=1S/C26H50N12S4/c39-21-33-5-1-3-7-35-23(41)37-25-15-27-9-12-30-18-26(19-31-13-10-28-16-25,20-32-14-11-29-17-25)38-24(42)36-8-4-2-6-34-22-40/h27-32H,1-20H2,(H2,35,37,41)(H2,36,38,42). The average Bonchev–Trinajstić information content (AvgIpc) is 2.97. The lowest BCUT2D eigenvalue weighted by Crippen LogP contribution is -2.69. The van der Waals surface area contributed by atoms with Gasteiger partial charge in [-0.2, -0.15) is 0 Å². The van der Waals surface area contributed by atoms with E-state index < -0.39 is 0 Å². The molecule has 0 saturated carbocycles. The van der Waals surface area contributed by atoms with Crippen LogP contribution in [0.3, 0.4) is 0 Å². The minimum absolute atomic E-state index is 0.293. The van der Waals surface area contributed by atoms with Crippen molar-refractivity contribution in [3.63, 3.8) is 0 Å². The van der Waals surface area contributed by atoms with Gasteiger partial charge in [-0.15, -0.1) is 0 Å². The second-order valence-electron chi connectivity index (χ2n) is 10.7. The van der Waals surface area contributed by atoms with E-state index in [1.165, 1.54) is 0 Å². The number of aliphatic imine (C=N–C) groups is 2. The van der Waals surface area contributed by atoms with Crippen LogP contribution in [0.5, 0.6) is 0 Å². The molecule has 0 aliphatic carbocycles. The number of thiocarbonyl (C=S) groups is 4. The molecule has 3 heterocycles. The maximum atomic E-state index is 5.71. The summed E-state index contributed by atoms with van der Waals surface area (Å²) in [5.41, 5.74) is -0.585. The van der Waals surface area contributed by atoms with E-state index in [-0.39, 0.29) is 11.1 Å². The Morgan fingerprint density at radius 3 is 1.14 bits per heavy atom. The SMILES string of the molecule is S=C=NCCCCNC(=S)NC12CNCCNCC(NC(=S)NCCCCN=C=S)(CNCCNC1)CNCCNC2. The third kappa shape index (κ3) is 16.6. The number of unbranched alkanes of at least 4 members (excludes halogenated alkanes) is 2. The molecule has 3 rings (SSSR count). The molecule has 10 N–H and O–H groups in total. The van der Waals surface area contributed by atoms with Gasteiger partial charge in [0.2, 0.25) is 0 Å². The molecular formula is C26H50N12S4. The summed E-state index contributed by atoms with van der Waals surface area (Å²) in [6.45, 7) is 12.5. The van der Waals surface area contributed by atoms with Crippen LogP contribution >= 0.6 is 48.9 Å². The van der Waals surface area contributed by atoms with Gasteiger partial charge >= 0.3 is 0 Å². The number of hydrogen-bond acceptors (Lipinski definition) is 12. The van der Waals surface area contributed by atoms with Gasteiger partial charge in [0.25, 0.3) is 0 Å². The van der Waals surface area contributed by atoms with Gasteiger partial charge < -0.3 is 53.2 Å². The third-order valence-corrected chi connectivity index (χ3v) is 7.82. The van der Waals surface area contributed by atoms with E-state index in [2.05, 4.69) is 97.9 Å².